The number of rotatable bonds is 5. The molecule has 0 saturated heterocycles. The maximum atomic E-state index is 12.2. The van der Waals surface area contributed by atoms with Crippen molar-refractivity contribution >= 4 is 17.8 Å². The van der Waals surface area contributed by atoms with E-state index in [1.54, 1.807) is 0 Å². The molecule has 1 saturated carbocycles. The van der Waals surface area contributed by atoms with Crippen molar-refractivity contribution in [2.45, 2.75) is 50.7 Å². The summed E-state index contributed by atoms with van der Waals surface area (Å²) in [5.41, 5.74) is -0.931. The van der Waals surface area contributed by atoms with Crippen LogP contribution < -0.4 is 5.32 Å². The summed E-state index contributed by atoms with van der Waals surface area (Å²) in [5, 5.41) is 22.5. The molecule has 24 heavy (non-hydrogen) atoms. The highest BCUT2D eigenvalue weighted by Gasteiger charge is 2.35. The largest absolute Gasteiger partial charge is 0.447 e. The first-order chi connectivity index (χ1) is 11.4. The number of furan rings is 1. The SMILES string of the molecule is C[C@H](OC(=O)c1ccc([N+](=O)[O-])o1)C(=O)NC1(C#N)CCCCC1. The van der Waals surface area contributed by atoms with Gasteiger partial charge in [0.2, 0.25) is 5.76 Å². The second kappa shape index (κ2) is 7.12. The van der Waals surface area contributed by atoms with E-state index in [1.165, 1.54) is 6.92 Å². The second-order valence-corrected chi connectivity index (χ2v) is 5.69. The van der Waals surface area contributed by atoms with Crippen LogP contribution in [0.4, 0.5) is 5.88 Å². The molecule has 0 bridgehead atoms. The highest BCUT2D eigenvalue weighted by Crippen LogP contribution is 2.27. The van der Waals surface area contributed by atoms with Crippen molar-refractivity contribution in [2.75, 3.05) is 0 Å². The van der Waals surface area contributed by atoms with Crippen LogP contribution in [-0.4, -0.2) is 28.4 Å². The molecule has 1 aliphatic carbocycles. The minimum atomic E-state index is -1.16. The summed E-state index contributed by atoms with van der Waals surface area (Å²) < 4.78 is 9.67. The third-order valence-corrected chi connectivity index (χ3v) is 3.91. The van der Waals surface area contributed by atoms with Gasteiger partial charge in [0, 0.05) is 0 Å². The summed E-state index contributed by atoms with van der Waals surface area (Å²) in [6.45, 7) is 1.36. The van der Waals surface area contributed by atoms with E-state index >= 15 is 0 Å². The van der Waals surface area contributed by atoms with Crippen molar-refractivity contribution in [1.82, 2.24) is 5.32 Å². The summed E-state index contributed by atoms with van der Waals surface area (Å²) in [6.07, 6.45) is 2.66. The highest BCUT2D eigenvalue weighted by atomic mass is 16.7. The van der Waals surface area contributed by atoms with Crippen LogP contribution in [0.5, 0.6) is 0 Å². The number of carbonyl (C=O) groups is 2. The number of ether oxygens (including phenoxy) is 1. The van der Waals surface area contributed by atoms with Gasteiger partial charge in [-0.15, -0.1) is 0 Å². The molecule has 1 aromatic heterocycles. The Kier molecular flexibility index (Phi) is 5.18. The first-order valence-corrected chi connectivity index (χ1v) is 7.55. The molecule has 1 aromatic rings. The van der Waals surface area contributed by atoms with E-state index in [2.05, 4.69) is 11.4 Å². The minimum Gasteiger partial charge on any atom is -0.447 e. The molecule has 9 heteroatoms. The second-order valence-electron chi connectivity index (χ2n) is 5.69. The fraction of sp³-hybridized carbons (Fsp3) is 0.533. The number of esters is 1. The van der Waals surface area contributed by atoms with Gasteiger partial charge >= 0.3 is 11.9 Å². The number of hydrogen-bond donors (Lipinski definition) is 1. The quantitative estimate of drug-likeness (QED) is 0.494. The Morgan fingerprint density at radius 2 is 2.08 bits per heavy atom. The van der Waals surface area contributed by atoms with Gasteiger partial charge in [-0.3, -0.25) is 14.9 Å². The van der Waals surface area contributed by atoms with E-state index in [9.17, 15) is 25.0 Å². The lowest BCUT2D eigenvalue weighted by atomic mass is 9.83. The van der Waals surface area contributed by atoms with E-state index in [-0.39, 0.29) is 5.76 Å². The molecular formula is C15H17N3O6. The van der Waals surface area contributed by atoms with Crippen molar-refractivity contribution in [3.63, 3.8) is 0 Å². The molecule has 0 unspecified atom stereocenters. The lowest BCUT2D eigenvalue weighted by molar-refractivity contribution is -0.402. The third-order valence-electron chi connectivity index (χ3n) is 3.91. The van der Waals surface area contributed by atoms with Gasteiger partial charge in [0.1, 0.15) is 10.5 Å². The van der Waals surface area contributed by atoms with Gasteiger partial charge in [-0.1, -0.05) is 19.3 Å². The molecule has 0 aromatic carbocycles. The number of nitrogens with zero attached hydrogens (tertiary/aromatic N) is 2. The van der Waals surface area contributed by atoms with Crippen LogP contribution in [0.15, 0.2) is 16.5 Å². The maximum absolute atomic E-state index is 12.2. The Balaban J connectivity index is 1.96. The van der Waals surface area contributed by atoms with Gasteiger partial charge < -0.3 is 14.5 Å². The minimum absolute atomic E-state index is 0.367. The summed E-state index contributed by atoms with van der Waals surface area (Å²) in [6, 6.07) is 4.26. The topological polar surface area (TPSA) is 135 Å². The van der Waals surface area contributed by atoms with Gasteiger partial charge in [0.15, 0.2) is 6.10 Å². The van der Waals surface area contributed by atoms with Crippen LogP contribution >= 0.6 is 0 Å². The molecule has 1 N–H and O–H groups in total. The van der Waals surface area contributed by atoms with Crippen LogP contribution in [0.1, 0.15) is 49.6 Å². The number of carbonyl (C=O) groups excluding carboxylic acids is 2. The fourth-order valence-electron chi connectivity index (χ4n) is 2.57. The standard InChI is InChI=1S/C15H17N3O6/c1-10(13(19)17-15(9-16)7-3-2-4-8-15)23-14(20)11-5-6-12(24-11)18(21)22/h5-6,10H,2-4,7-8H2,1H3,(H,17,19)/t10-/m0/s1. The molecule has 1 aliphatic rings. The maximum Gasteiger partial charge on any atom is 0.433 e. The zero-order valence-corrected chi connectivity index (χ0v) is 13.1. The normalized spacial score (nSPS) is 17.3. The molecule has 0 radical (unpaired) electrons. The van der Waals surface area contributed by atoms with Gasteiger partial charge in [-0.25, -0.2) is 4.79 Å². The van der Waals surface area contributed by atoms with Crippen molar-refractivity contribution in [3.05, 3.63) is 28.0 Å². The van der Waals surface area contributed by atoms with Gasteiger partial charge in [0.05, 0.1) is 12.1 Å². The summed E-state index contributed by atoms with van der Waals surface area (Å²) in [7, 11) is 0. The average Bonchev–Trinajstić information content (AvgIpc) is 3.06. The Morgan fingerprint density at radius 1 is 1.42 bits per heavy atom. The van der Waals surface area contributed by atoms with Crippen LogP contribution in [0.25, 0.3) is 0 Å². The first-order valence-electron chi connectivity index (χ1n) is 7.55. The third kappa shape index (κ3) is 3.90. The molecule has 0 spiro atoms. The van der Waals surface area contributed by atoms with E-state index < -0.39 is 34.3 Å². The number of hydrogen-bond acceptors (Lipinski definition) is 7. The molecule has 9 nitrogen and oxygen atoms in total. The number of amides is 1. The van der Waals surface area contributed by atoms with Gasteiger partial charge in [0.25, 0.3) is 5.91 Å². The first kappa shape index (κ1) is 17.5. The number of nitrogens with one attached hydrogen (secondary N) is 1. The molecule has 1 fully saturated rings. The predicted octanol–water partition coefficient (Wildman–Crippen LogP) is 2.08. The molecule has 128 valence electrons. The molecular weight excluding hydrogens is 318 g/mol. The van der Waals surface area contributed by atoms with Crippen molar-refractivity contribution < 1.29 is 23.7 Å². The molecule has 2 rings (SSSR count). The Bertz CT molecular complexity index is 684. The van der Waals surface area contributed by atoms with E-state index in [4.69, 9.17) is 9.15 Å². The Hall–Kier alpha value is -2.89. The number of nitro groups is 1. The Labute approximate surface area is 137 Å². The van der Waals surface area contributed by atoms with E-state index in [1.807, 2.05) is 0 Å². The van der Waals surface area contributed by atoms with Crippen molar-refractivity contribution in [2.24, 2.45) is 0 Å². The molecule has 1 atom stereocenters. The van der Waals surface area contributed by atoms with Gasteiger partial charge in [-0.2, -0.15) is 5.26 Å². The van der Waals surface area contributed by atoms with Crippen LogP contribution in [0, 0.1) is 21.4 Å². The predicted molar refractivity (Wildman–Crippen MR) is 79.8 cm³/mol. The van der Waals surface area contributed by atoms with Gasteiger partial charge in [-0.05, 0) is 25.8 Å². The number of nitriles is 1. The Morgan fingerprint density at radius 3 is 2.62 bits per heavy atom. The highest BCUT2D eigenvalue weighted by molar-refractivity contribution is 5.90. The van der Waals surface area contributed by atoms with Crippen LogP contribution in [0.3, 0.4) is 0 Å². The van der Waals surface area contributed by atoms with Crippen molar-refractivity contribution in [3.8, 4) is 6.07 Å². The smallest absolute Gasteiger partial charge is 0.433 e. The fourth-order valence-corrected chi connectivity index (χ4v) is 2.57. The average molecular weight is 335 g/mol. The van der Waals surface area contributed by atoms with Crippen molar-refractivity contribution in [1.29, 1.82) is 5.26 Å². The lowest BCUT2D eigenvalue weighted by Gasteiger charge is -2.32. The monoisotopic (exact) mass is 335 g/mol. The summed E-state index contributed by atoms with van der Waals surface area (Å²) in [5.74, 6) is -2.54. The molecule has 1 amide bonds. The van der Waals surface area contributed by atoms with E-state index in [0.717, 1.165) is 31.4 Å². The van der Waals surface area contributed by atoms with Crippen LogP contribution in [-0.2, 0) is 9.53 Å². The molecule has 0 aliphatic heterocycles. The summed E-state index contributed by atoms with van der Waals surface area (Å²) in [4.78, 5) is 33.8. The zero-order valence-electron chi connectivity index (χ0n) is 13.1. The molecule has 1 heterocycles. The summed E-state index contributed by atoms with van der Waals surface area (Å²) >= 11 is 0. The zero-order chi connectivity index (χ0) is 17.7. The van der Waals surface area contributed by atoms with Crippen LogP contribution in [0.2, 0.25) is 0 Å². The lowest BCUT2D eigenvalue weighted by Crippen LogP contribution is -2.52. The van der Waals surface area contributed by atoms with E-state index in [0.29, 0.717) is 12.8 Å².